The normalized spacial score (nSPS) is 11.4. The molecule has 0 unspecified atom stereocenters. The number of carbonyl (C=O) groups is 1. The van der Waals surface area contributed by atoms with E-state index in [1.807, 2.05) is 25.1 Å². The van der Waals surface area contributed by atoms with Gasteiger partial charge in [0.2, 0.25) is 21.2 Å². The zero-order valence-electron chi connectivity index (χ0n) is 17.6. The van der Waals surface area contributed by atoms with Crippen LogP contribution in [-0.2, 0) is 21.2 Å². The van der Waals surface area contributed by atoms with E-state index in [2.05, 4.69) is 10.3 Å². The van der Waals surface area contributed by atoms with Gasteiger partial charge in [0.1, 0.15) is 17.1 Å². The third-order valence-corrected chi connectivity index (χ3v) is 6.75. The lowest BCUT2D eigenvalue weighted by Gasteiger charge is -2.14. The van der Waals surface area contributed by atoms with Crippen molar-refractivity contribution in [2.75, 3.05) is 5.32 Å². The Bertz CT molecular complexity index is 1490. The van der Waals surface area contributed by atoms with Crippen LogP contribution in [0.25, 0.3) is 11.0 Å². The average molecular weight is 448 g/mol. The number of rotatable bonds is 5. The van der Waals surface area contributed by atoms with Crippen LogP contribution in [0.4, 0.5) is 5.69 Å². The summed E-state index contributed by atoms with van der Waals surface area (Å²) in [5, 5.41) is 2.94. The molecule has 1 amide bonds. The number of amides is 1. The van der Waals surface area contributed by atoms with Crippen LogP contribution in [0.3, 0.4) is 0 Å². The van der Waals surface area contributed by atoms with Crippen LogP contribution >= 0.6 is 0 Å². The van der Waals surface area contributed by atoms with E-state index >= 15 is 0 Å². The quantitative estimate of drug-likeness (QED) is 0.505. The van der Waals surface area contributed by atoms with E-state index in [4.69, 9.17) is 0 Å². The lowest BCUT2D eigenvalue weighted by atomic mass is 10.2. The molecule has 8 heteroatoms. The molecule has 0 aliphatic rings. The largest absolute Gasteiger partial charge is 0.325 e. The highest BCUT2D eigenvalue weighted by Gasteiger charge is 2.24. The summed E-state index contributed by atoms with van der Waals surface area (Å²) in [5.41, 5.74) is 1.86. The van der Waals surface area contributed by atoms with Crippen molar-refractivity contribution in [3.05, 3.63) is 94.4 Å². The Morgan fingerprint density at radius 1 is 1.00 bits per heavy atom. The predicted octanol–water partition coefficient (Wildman–Crippen LogP) is 3.48. The molecule has 0 atom stereocenters. The lowest BCUT2D eigenvalue weighted by Crippen LogP contribution is -2.24. The van der Waals surface area contributed by atoms with Crippen molar-refractivity contribution >= 4 is 32.5 Å². The van der Waals surface area contributed by atoms with Crippen LogP contribution in [0, 0.1) is 13.8 Å². The number of benzene rings is 2. The topological polar surface area (TPSA) is 98.1 Å². The van der Waals surface area contributed by atoms with E-state index in [0.29, 0.717) is 11.4 Å². The smallest absolute Gasteiger partial charge is 0.244 e. The molecule has 7 nitrogen and oxygen atoms in total. The third-order valence-electron chi connectivity index (χ3n) is 4.99. The van der Waals surface area contributed by atoms with Gasteiger partial charge in [-0.1, -0.05) is 30.3 Å². The summed E-state index contributed by atoms with van der Waals surface area (Å²) in [6, 6.07) is 18.3. The highest BCUT2D eigenvalue weighted by molar-refractivity contribution is 7.91. The molecule has 1 N–H and O–H groups in total. The fourth-order valence-electron chi connectivity index (χ4n) is 3.45. The standard InChI is InChI=1S/C24H21N3O4S/c1-16-7-6-8-18(13-16)26-22(28)15-27-14-21(32(30,31)19-9-4-3-5-10-19)23(29)20-12-11-17(2)25-24(20)27/h3-14H,15H2,1-2H3,(H,26,28). The molecule has 0 bridgehead atoms. The summed E-state index contributed by atoms with van der Waals surface area (Å²) >= 11 is 0. The number of nitrogens with zero attached hydrogens (tertiary/aromatic N) is 2. The molecule has 0 radical (unpaired) electrons. The predicted molar refractivity (Wildman–Crippen MR) is 122 cm³/mol. The maximum absolute atomic E-state index is 13.2. The molecule has 4 rings (SSSR count). The molecular formula is C24H21N3O4S. The second-order valence-corrected chi connectivity index (χ2v) is 9.43. The minimum atomic E-state index is -4.09. The van der Waals surface area contributed by atoms with Gasteiger partial charge in [0, 0.05) is 17.6 Å². The molecule has 0 spiro atoms. The monoisotopic (exact) mass is 447 g/mol. The summed E-state index contributed by atoms with van der Waals surface area (Å²) in [6.07, 6.45) is 1.20. The molecule has 2 aromatic heterocycles. The van der Waals surface area contributed by atoms with E-state index < -0.39 is 20.2 Å². The summed E-state index contributed by atoms with van der Waals surface area (Å²) < 4.78 is 27.8. The van der Waals surface area contributed by atoms with Crippen molar-refractivity contribution in [3.8, 4) is 0 Å². The molecule has 32 heavy (non-hydrogen) atoms. The number of carbonyl (C=O) groups excluding carboxylic acids is 1. The number of aryl methyl sites for hydroxylation is 2. The average Bonchev–Trinajstić information content (AvgIpc) is 2.76. The number of nitrogens with one attached hydrogen (secondary N) is 1. The Kier molecular flexibility index (Phi) is 5.63. The second-order valence-electron chi connectivity index (χ2n) is 7.51. The molecule has 2 aromatic carbocycles. The Morgan fingerprint density at radius 3 is 2.47 bits per heavy atom. The number of pyridine rings is 2. The summed E-state index contributed by atoms with van der Waals surface area (Å²) in [6.45, 7) is 3.46. The number of sulfone groups is 1. The van der Waals surface area contributed by atoms with E-state index in [1.165, 1.54) is 22.9 Å². The maximum Gasteiger partial charge on any atom is 0.244 e. The van der Waals surface area contributed by atoms with Crippen molar-refractivity contribution in [3.63, 3.8) is 0 Å². The van der Waals surface area contributed by atoms with Gasteiger partial charge in [0.05, 0.1) is 10.3 Å². The number of fused-ring (bicyclic) bond motifs is 1. The Labute approximate surface area is 185 Å². The molecule has 4 aromatic rings. The van der Waals surface area contributed by atoms with Gasteiger partial charge < -0.3 is 9.88 Å². The number of hydrogen-bond acceptors (Lipinski definition) is 5. The maximum atomic E-state index is 13.2. The van der Waals surface area contributed by atoms with Crippen molar-refractivity contribution in [1.29, 1.82) is 0 Å². The first-order valence-electron chi connectivity index (χ1n) is 9.93. The van der Waals surface area contributed by atoms with Gasteiger partial charge in [-0.2, -0.15) is 0 Å². The van der Waals surface area contributed by atoms with Crippen LogP contribution in [0.15, 0.2) is 87.5 Å². The van der Waals surface area contributed by atoms with Crippen molar-refractivity contribution in [2.45, 2.75) is 30.2 Å². The zero-order valence-corrected chi connectivity index (χ0v) is 18.4. The van der Waals surface area contributed by atoms with Crippen molar-refractivity contribution in [1.82, 2.24) is 9.55 Å². The summed E-state index contributed by atoms with van der Waals surface area (Å²) in [5.74, 6) is -0.369. The van der Waals surface area contributed by atoms with Gasteiger partial charge in [-0.15, -0.1) is 0 Å². The zero-order chi connectivity index (χ0) is 22.9. The van der Waals surface area contributed by atoms with E-state index in [0.717, 1.165) is 5.56 Å². The minimum absolute atomic E-state index is 0.00674. The lowest BCUT2D eigenvalue weighted by molar-refractivity contribution is -0.116. The van der Waals surface area contributed by atoms with Gasteiger partial charge >= 0.3 is 0 Å². The van der Waals surface area contributed by atoms with Gasteiger partial charge in [-0.3, -0.25) is 9.59 Å². The molecular weight excluding hydrogens is 426 g/mol. The molecule has 0 saturated carbocycles. The van der Waals surface area contributed by atoms with Gasteiger partial charge in [-0.25, -0.2) is 13.4 Å². The van der Waals surface area contributed by atoms with Crippen LogP contribution in [0.5, 0.6) is 0 Å². The molecule has 162 valence electrons. The number of hydrogen-bond donors (Lipinski definition) is 1. The highest BCUT2D eigenvalue weighted by Crippen LogP contribution is 2.21. The fourth-order valence-corrected chi connectivity index (χ4v) is 4.84. The molecule has 0 aliphatic heterocycles. The highest BCUT2D eigenvalue weighted by atomic mass is 32.2. The molecule has 2 heterocycles. The third kappa shape index (κ3) is 4.17. The molecule has 0 aliphatic carbocycles. The van der Waals surface area contributed by atoms with Gasteiger partial charge in [0.25, 0.3) is 0 Å². The second kappa shape index (κ2) is 8.39. The summed E-state index contributed by atoms with van der Waals surface area (Å²) in [4.78, 5) is 29.8. The Hall–Kier alpha value is -3.78. The van der Waals surface area contributed by atoms with E-state index in [1.54, 1.807) is 43.3 Å². The first kappa shape index (κ1) is 21.5. The van der Waals surface area contributed by atoms with Crippen molar-refractivity contribution < 1.29 is 13.2 Å². The van der Waals surface area contributed by atoms with E-state index in [-0.39, 0.29) is 28.4 Å². The Balaban J connectivity index is 1.83. The SMILES string of the molecule is Cc1cccc(NC(=O)Cn2cc(S(=O)(=O)c3ccccc3)c(=O)c3ccc(C)nc32)c1. The van der Waals surface area contributed by atoms with Crippen LogP contribution in [-0.4, -0.2) is 23.9 Å². The first-order chi connectivity index (χ1) is 15.3. The minimum Gasteiger partial charge on any atom is -0.325 e. The molecule has 0 fully saturated rings. The van der Waals surface area contributed by atoms with E-state index in [9.17, 15) is 18.0 Å². The van der Waals surface area contributed by atoms with Crippen LogP contribution in [0.1, 0.15) is 11.3 Å². The fraction of sp³-hybridized carbons (Fsp3) is 0.125. The van der Waals surface area contributed by atoms with Crippen molar-refractivity contribution in [2.24, 2.45) is 0 Å². The van der Waals surface area contributed by atoms with Gasteiger partial charge in [0.15, 0.2) is 0 Å². The number of anilines is 1. The molecule has 0 saturated heterocycles. The van der Waals surface area contributed by atoms with Crippen LogP contribution in [0.2, 0.25) is 0 Å². The first-order valence-corrected chi connectivity index (χ1v) is 11.4. The Morgan fingerprint density at radius 2 is 1.75 bits per heavy atom. The summed E-state index contributed by atoms with van der Waals surface area (Å²) in [7, 11) is -4.09. The van der Waals surface area contributed by atoms with Gasteiger partial charge in [-0.05, 0) is 55.8 Å². The van der Waals surface area contributed by atoms with Crippen LogP contribution < -0.4 is 10.7 Å². The number of aromatic nitrogens is 2.